The Morgan fingerprint density at radius 1 is 1.47 bits per heavy atom. The molecule has 1 rings (SSSR count). The number of amides is 1. The molecule has 0 aromatic heterocycles. The summed E-state index contributed by atoms with van der Waals surface area (Å²) in [5.74, 6) is 3.92. The number of hydrogen-bond donors (Lipinski definition) is 2. The molecule has 0 saturated carbocycles. The minimum Gasteiger partial charge on any atom is -0.504 e. The fraction of sp³-hybridized carbons (Fsp3) is 0.100. The fourth-order valence-electron chi connectivity index (χ4n) is 0.928. The van der Waals surface area contributed by atoms with E-state index < -0.39 is 5.91 Å². The molecule has 1 aromatic rings. The van der Waals surface area contributed by atoms with Crippen molar-refractivity contribution in [3.05, 3.63) is 22.2 Å². The Morgan fingerprint density at radius 2 is 2.13 bits per heavy atom. The second kappa shape index (κ2) is 4.92. The lowest BCUT2D eigenvalue weighted by Gasteiger charge is -2.06. The number of nitrogens with one attached hydrogen (secondary N) is 1. The van der Waals surface area contributed by atoms with Gasteiger partial charge in [0.05, 0.1) is 10.7 Å². The van der Waals surface area contributed by atoms with E-state index in [-0.39, 0.29) is 16.5 Å². The maximum absolute atomic E-state index is 11.1. The number of carbonyl (C=O) groups excluding carboxylic acids is 1. The van der Waals surface area contributed by atoms with Crippen LogP contribution in [0, 0.1) is 11.8 Å². The van der Waals surface area contributed by atoms with Gasteiger partial charge in [0.2, 0.25) is 0 Å². The smallest absolute Gasteiger partial charge is 0.300 e. The van der Waals surface area contributed by atoms with Gasteiger partial charge in [-0.2, -0.15) is 0 Å². The molecule has 0 radical (unpaired) electrons. The van der Waals surface area contributed by atoms with E-state index in [1.165, 1.54) is 19.1 Å². The Morgan fingerprint density at radius 3 is 2.73 bits per heavy atom. The molecule has 78 valence electrons. The minimum absolute atomic E-state index is 0.0715. The summed E-state index contributed by atoms with van der Waals surface area (Å²) in [4.78, 5) is 11.1. The molecule has 0 heterocycles. The SMILES string of the molecule is CC#CC(=O)Nc1cc(Cl)cc(Cl)c1O. The van der Waals surface area contributed by atoms with Crippen LogP contribution in [0.3, 0.4) is 0 Å². The molecule has 1 amide bonds. The van der Waals surface area contributed by atoms with E-state index >= 15 is 0 Å². The predicted molar refractivity (Wildman–Crippen MR) is 60.2 cm³/mol. The Kier molecular flexibility index (Phi) is 3.84. The van der Waals surface area contributed by atoms with Crippen LogP contribution in [0.4, 0.5) is 5.69 Å². The monoisotopic (exact) mass is 243 g/mol. The molecule has 0 fully saturated rings. The Bertz CT molecular complexity index is 460. The minimum atomic E-state index is -0.536. The summed E-state index contributed by atoms with van der Waals surface area (Å²) in [6.45, 7) is 1.53. The van der Waals surface area contributed by atoms with Gasteiger partial charge in [-0.1, -0.05) is 29.1 Å². The number of rotatable bonds is 1. The van der Waals surface area contributed by atoms with E-state index in [1.807, 2.05) is 0 Å². The lowest BCUT2D eigenvalue weighted by molar-refractivity contribution is -0.111. The highest BCUT2D eigenvalue weighted by Crippen LogP contribution is 2.34. The number of benzene rings is 1. The van der Waals surface area contributed by atoms with Crippen molar-refractivity contribution in [2.24, 2.45) is 0 Å². The average Bonchev–Trinajstić information content (AvgIpc) is 2.13. The number of carbonyl (C=O) groups is 1. The Labute approximate surface area is 97.0 Å². The van der Waals surface area contributed by atoms with Crippen molar-refractivity contribution in [3.8, 4) is 17.6 Å². The predicted octanol–water partition coefficient (Wildman–Crippen LogP) is 2.66. The van der Waals surface area contributed by atoms with E-state index in [0.717, 1.165) is 0 Å². The second-order valence-corrected chi connectivity index (χ2v) is 3.46. The molecule has 0 aliphatic carbocycles. The number of anilines is 1. The van der Waals surface area contributed by atoms with Gasteiger partial charge in [-0.15, -0.1) is 0 Å². The first kappa shape index (κ1) is 11.7. The van der Waals surface area contributed by atoms with Crippen molar-refractivity contribution in [2.45, 2.75) is 6.92 Å². The summed E-state index contributed by atoms with van der Waals surface area (Å²) >= 11 is 11.4. The third-order valence-corrected chi connectivity index (χ3v) is 2.02. The molecule has 2 N–H and O–H groups in total. The van der Waals surface area contributed by atoms with Gasteiger partial charge in [0, 0.05) is 5.02 Å². The van der Waals surface area contributed by atoms with Crippen molar-refractivity contribution in [2.75, 3.05) is 5.32 Å². The van der Waals surface area contributed by atoms with Crippen LogP contribution in [0.2, 0.25) is 10.0 Å². The van der Waals surface area contributed by atoms with E-state index in [0.29, 0.717) is 5.02 Å². The Hall–Kier alpha value is -1.37. The number of phenols is 1. The zero-order chi connectivity index (χ0) is 11.4. The summed E-state index contributed by atoms with van der Waals surface area (Å²) in [7, 11) is 0. The second-order valence-electron chi connectivity index (χ2n) is 2.61. The lowest BCUT2D eigenvalue weighted by Crippen LogP contribution is -2.08. The van der Waals surface area contributed by atoms with Crippen molar-refractivity contribution >= 4 is 34.8 Å². The van der Waals surface area contributed by atoms with E-state index in [4.69, 9.17) is 23.2 Å². The molecule has 0 spiro atoms. The maximum atomic E-state index is 11.1. The lowest BCUT2D eigenvalue weighted by atomic mass is 10.3. The van der Waals surface area contributed by atoms with Crippen LogP contribution >= 0.6 is 23.2 Å². The first-order valence-corrected chi connectivity index (χ1v) is 4.72. The standard InChI is InChI=1S/C10H7Cl2NO2/c1-2-3-9(14)13-8-5-6(11)4-7(12)10(8)15/h4-5,15H,1H3,(H,13,14). The van der Waals surface area contributed by atoms with E-state index in [1.54, 1.807) is 0 Å². The largest absolute Gasteiger partial charge is 0.504 e. The van der Waals surface area contributed by atoms with Gasteiger partial charge < -0.3 is 10.4 Å². The van der Waals surface area contributed by atoms with Crippen LogP contribution in [-0.4, -0.2) is 11.0 Å². The molecule has 0 bridgehead atoms. The van der Waals surface area contributed by atoms with Crippen molar-refractivity contribution in [1.82, 2.24) is 0 Å². The van der Waals surface area contributed by atoms with Gasteiger partial charge in [-0.25, -0.2) is 0 Å². The van der Waals surface area contributed by atoms with Crippen LogP contribution < -0.4 is 5.32 Å². The third-order valence-electron chi connectivity index (χ3n) is 1.51. The first-order chi connectivity index (χ1) is 7.04. The number of phenolic OH excluding ortho intramolecular Hbond substituents is 1. The van der Waals surface area contributed by atoms with Crippen molar-refractivity contribution in [3.63, 3.8) is 0 Å². The molecular weight excluding hydrogens is 237 g/mol. The summed E-state index contributed by atoms with van der Waals surface area (Å²) in [5, 5.41) is 12.2. The molecular formula is C10H7Cl2NO2. The highest BCUT2D eigenvalue weighted by molar-refractivity contribution is 6.36. The quantitative estimate of drug-likeness (QED) is 0.589. The van der Waals surface area contributed by atoms with Gasteiger partial charge in [0.25, 0.3) is 5.91 Å². The zero-order valence-corrected chi connectivity index (χ0v) is 9.28. The summed E-state index contributed by atoms with van der Waals surface area (Å²) in [6, 6.07) is 2.76. The molecule has 0 aliphatic rings. The Balaban J connectivity index is 3.03. The van der Waals surface area contributed by atoms with Gasteiger partial charge in [-0.3, -0.25) is 4.79 Å². The number of aromatic hydroxyl groups is 1. The summed E-state index contributed by atoms with van der Waals surface area (Å²) in [6.07, 6.45) is 0. The average molecular weight is 244 g/mol. The summed E-state index contributed by atoms with van der Waals surface area (Å²) in [5.41, 5.74) is 0.139. The summed E-state index contributed by atoms with van der Waals surface area (Å²) < 4.78 is 0. The van der Waals surface area contributed by atoms with Gasteiger partial charge in [0.1, 0.15) is 0 Å². The normalized spacial score (nSPS) is 9.00. The molecule has 0 aliphatic heterocycles. The highest BCUT2D eigenvalue weighted by Gasteiger charge is 2.09. The van der Waals surface area contributed by atoms with Crippen LogP contribution in [0.5, 0.6) is 5.75 Å². The zero-order valence-electron chi connectivity index (χ0n) is 7.77. The molecule has 15 heavy (non-hydrogen) atoms. The molecule has 5 heteroatoms. The molecule has 0 unspecified atom stereocenters. The van der Waals surface area contributed by atoms with Crippen LogP contribution in [0.25, 0.3) is 0 Å². The number of hydrogen-bond acceptors (Lipinski definition) is 2. The van der Waals surface area contributed by atoms with Gasteiger partial charge >= 0.3 is 0 Å². The maximum Gasteiger partial charge on any atom is 0.300 e. The number of halogens is 2. The van der Waals surface area contributed by atoms with Crippen molar-refractivity contribution in [1.29, 1.82) is 0 Å². The van der Waals surface area contributed by atoms with Gasteiger partial charge in [0.15, 0.2) is 5.75 Å². The highest BCUT2D eigenvalue weighted by atomic mass is 35.5. The molecule has 1 aromatic carbocycles. The van der Waals surface area contributed by atoms with Crippen LogP contribution in [-0.2, 0) is 4.79 Å². The van der Waals surface area contributed by atoms with Crippen molar-refractivity contribution < 1.29 is 9.90 Å². The van der Waals surface area contributed by atoms with E-state index in [2.05, 4.69) is 17.2 Å². The third kappa shape index (κ3) is 3.05. The van der Waals surface area contributed by atoms with Crippen LogP contribution in [0.15, 0.2) is 12.1 Å². The topological polar surface area (TPSA) is 49.3 Å². The molecule has 3 nitrogen and oxygen atoms in total. The van der Waals surface area contributed by atoms with E-state index in [9.17, 15) is 9.90 Å². The fourth-order valence-corrected chi connectivity index (χ4v) is 1.42. The molecule has 0 atom stereocenters. The first-order valence-electron chi connectivity index (χ1n) is 3.96. The van der Waals surface area contributed by atoms with Gasteiger partial charge in [-0.05, 0) is 25.0 Å². The molecule has 0 saturated heterocycles. The van der Waals surface area contributed by atoms with Crippen LogP contribution in [0.1, 0.15) is 6.92 Å².